The van der Waals surface area contributed by atoms with E-state index in [1.807, 2.05) is 31.9 Å². The summed E-state index contributed by atoms with van der Waals surface area (Å²) < 4.78 is 6.83. The summed E-state index contributed by atoms with van der Waals surface area (Å²) in [7, 11) is 0. The third kappa shape index (κ3) is 3.84. The Bertz CT molecular complexity index is 792. The number of carbonyl (C=O) groups excluding carboxylic acids is 1. The molecule has 1 aromatic carbocycles. The maximum atomic E-state index is 13.0. The summed E-state index contributed by atoms with van der Waals surface area (Å²) in [5, 5.41) is 0. The van der Waals surface area contributed by atoms with Gasteiger partial charge in [-0.15, -0.1) is 0 Å². The molecule has 2 aliphatic heterocycles. The van der Waals surface area contributed by atoms with Crippen LogP contribution < -0.4 is 0 Å². The summed E-state index contributed by atoms with van der Waals surface area (Å²) >= 11 is 3.49. The molecule has 0 radical (unpaired) electrons. The van der Waals surface area contributed by atoms with Gasteiger partial charge in [-0.05, 0) is 69.2 Å². The van der Waals surface area contributed by atoms with Gasteiger partial charge in [0, 0.05) is 28.8 Å². The Kier molecular flexibility index (Phi) is 4.91. The van der Waals surface area contributed by atoms with Crippen molar-refractivity contribution in [1.82, 2.24) is 4.90 Å². The number of carbonyl (C=O) groups is 1. The van der Waals surface area contributed by atoms with Gasteiger partial charge in [0.05, 0.1) is 6.04 Å². The monoisotopic (exact) mass is 430 g/mol. The van der Waals surface area contributed by atoms with Crippen molar-refractivity contribution in [1.29, 1.82) is 0 Å². The SMILES string of the molecule is CC(C)(C)OC(=O)N1C(C2=NC=C(c3ccc(Br)cc3)C2)C[C@@H]2CCC[C@@H]21. The van der Waals surface area contributed by atoms with E-state index in [9.17, 15) is 4.79 Å². The minimum atomic E-state index is -0.476. The molecule has 0 bridgehead atoms. The summed E-state index contributed by atoms with van der Waals surface area (Å²) in [5.41, 5.74) is 3.04. The molecule has 27 heavy (non-hydrogen) atoms. The molecule has 5 heteroatoms. The smallest absolute Gasteiger partial charge is 0.411 e. The highest BCUT2D eigenvalue weighted by atomic mass is 79.9. The zero-order valence-corrected chi connectivity index (χ0v) is 17.8. The number of allylic oxidation sites excluding steroid dienone is 1. The lowest BCUT2D eigenvalue weighted by Gasteiger charge is -2.32. The van der Waals surface area contributed by atoms with Crippen LogP contribution in [0.4, 0.5) is 4.79 Å². The first-order chi connectivity index (χ1) is 12.8. The van der Waals surface area contributed by atoms with E-state index in [0.717, 1.165) is 29.4 Å². The fourth-order valence-electron chi connectivity index (χ4n) is 4.66. The number of fused-ring (bicyclic) bond motifs is 1. The second kappa shape index (κ2) is 7.08. The van der Waals surface area contributed by atoms with Gasteiger partial charge in [-0.3, -0.25) is 9.89 Å². The van der Waals surface area contributed by atoms with Gasteiger partial charge in [0.25, 0.3) is 0 Å². The van der Waals surface area contributed by atoms with E-state index in [4.69, 9.17) is 9.73 Å². The van der Waals surface area contributed by atoms with Crippen molar-refractivity contribution in [2.24, 2.45) is 10.9 Å². The Morgan fingerprint density at radius 2 is 1.96 bits per heavy atom. The lowest BCUT2D eigenvalue weighted by atomic mass is 9.96. The first-order valence-electron chi connectivity index (χ1n) is 9.85. The average molecular weight is 431 g/mol. The number of likely N-dealkylation sites (tertiary alicyclic amines) is 1. The fourth-order valence-corrected chi connectivity index (χ4v) is 4.92. The van der Waals surface area contributed by atoms with Gasteiger partial charge in [-0.2, -0.15) is 0 Å². The van der Waals surface area contributed by atoms with E-state index in [1.54, 1.807) is 0 Å². The van der Waals surface area contributed by atoms with Crippen molar-refractivity contribution in [3.63, 3.8) is 0 Å². The molecule has 4 rings (SSSR count). The normalized spacial score (nSPS) is 27.4. The highest BCUT2D eigenvalue weighted by Crippen LogP contribution is 2.44. The van der Waals surface area contributed by atoms with Crippen LogP contribution in [0.25, 0.3) is 5.57 Å². The molecule has 0 spiro atoms. The number of halogens is 1. The third-order valence-electron chi connectivity index (χ3n) is 5.80. The van der Waals surface area contributed by atoms with Gasteiger partial charge < -0.3 is 4.74 Å². The Balaban J connectivity index is 1.52. The van der Waals surface area contributed by atoms with Crippen molar-refractivity contribution in [2.45, 2.75) is 70.6 Å². The summed E-state index contributed by atoms with van der Waals surface area (Å²) in [5.74, 6) is 0.585. The number of ether oxygens (including phenoxy) is 1. The minimum Gasteiger partial charge on any atom is -0.444 e. The molecule has 1 saturated carbocycles. The quantitative estimate of drug-likeness (QED) is 0.593. The Hall–Kier alpha value is -1.62. The molecule has 3 atom stereocenters. The zero-order chi connectivity index (χ0) is 19.2. The molecule has 144 valence electrons. The van der Waals surface area contributed by atoms with E-state index >= 15 is 0 Å². The molecule has 1 aromatic rings. The third-order valence-corrected chi connectivity index (χ3v) is 6.33. The van der Waals surface area contributed by atoms with E-state index < -0.39 is 5.60 Å². The molecule has 1 unspecified atom stereocenters. The highest BCUT2D eigenvalue weighted by Gasteiger charge is 2.49. The fraction of sp³-hybridized carbons (Fsp3) is 0.545. The molecule has 0 N–H and O–H groups in total. The number of nitrogens with zero attached hydrogens (tertiary/aromatic N) is 2. The molecule has 2 heterocycles. The van der Waals surface area contributed by atoms with Crippen LogP contribution in [0.3, 0.4) is 0 Å². The maximum Gasteiger partial charge on any atom is 0.411 e. The van der Waals surface area contributed by atoms with Crippen LogP contribution in [0, 0.1) is 5.92 Å². The molecule has 2 fully saturated rings. The highest BCUT2D eigenvalue weighted by molar-refractivity contribution is 9.10. The molecular formula is C22H27BrN2O2. The molecular weight excluding hydrogens is 404 g/mol. The predicted octanol–water partition coefficient (Wildman–Crippen LogP) is 5.81. The van der Waals surface area contributed by atoms with Crippen LogP contribution in [0.1, 0.15) is 58.4 Å². The zero-order valence-electron chi connectivity index (χ0n) is 16.2. The van der Waals surface area contributed by atoms with Crippen LogP contribution in [-0.2, 0) is 4.74 Å². The van der Waals surface area contributed by atoms with Crippen LogP contribution >= 0.6 is 15.9 Å². The topological polar surface area (TPSA) is 41.9 Å². The van der Waals surface area contributed by atoms with Crippen molar-refractivity contribution < 1.29 is 9.53 Å². The van der Waals surface area contributed by atoms with Gasteiger partial charge in [-0.25, -0.2) is 4.79 Å². The first-order valence-corrected chi connectivity index (χ1v) is 10.6. The number of amides is 1. The van der Waals surface area contributed by atoms with Crippen molar-refractivity contribution in [3.05, 3.63) is 40.5 Å². The summed E-state index contributed by atoms with van der Waals surface area (Å²) in [4.78, 5) is 19.7. The largest absolute Gasteiger partial charge is 0.444 e. The van der Waals surface area contributed by atoms with E-state index in [0.29, 0.717) is 12.0 Å². The maximum absolute atomic E-state index is 13.0. The van der Waals surface area contributed by atoms with E-state index in [1.165, 1.54) is 24.0 Å². The van der Waals surface area contributed by atoms with Crippen LogP contribution in [0.15, 0.2) is 39.9 Å². The first kappa shape index (κ1) is 18.7. The number of benzene rings is 1. The minimum absolute atomic E-state index is 0.0688. The number of rotatable bonds is 2. The molecule has 0 aromatic heterocycles. The summed E-state index contributed by atoms with van der Waals surface area (Å²) in [6.07, 6.45) is 7.12. The Morgan fingerprint density at radius 3 is 2.67 bits per heavy atom. The van der Waals surface area contributed by atoms with Gasteiger partial charge in [0.1, 0.15) is 5.60 Å². The number of hydrogen-bond donors (Lipinski definition) is 0. The average Bonchev–Trinajstić information content (AvgIpc) is 3.28. The summed E-state index contributed by atoms with van der Waals surface area (Å²) in [6, 6.07) is 8.72. The Labute approximate surface area is 169 Å². The summed E-state index contributed by atoms with van der Waals surface area (Å²) in [6.45, 7) is 5.80. The van der Waals surface area contributed by atoms with Gasteiger partial charge >= 0.3 is 6.09 Å². The van der Waals surface area contributed by atoms with Crippen LogP contribution in [0.5, 0.6) is 0 Å². The Morgan fingerprint density at radius 1 is 1.22 bits per heavy atom. The van der Waals surface area contributed by atoms with Crippen LogP contribution in [-0.4, -0.2) is 34.4 Å². The molecule has 1 aliphatic carbocycles. The lowest BCUT2D eigenvalue weighted by molar-refractivity contribution is 0.0184. The second-order valence-corrected chi connectivity index (χ2v) is 9.77. The molecule has 1 amide bonds. The van der Waals surface area contributed by atoms with Gasteiger partial charge in [0.15, 0.2) is 0 Å². The van der Waals surface area contributed by atoms with Crippen LogP contribution in [0.2, 0.25) is 0 Å². The number of aliphatic imine (C=N–C) groups is 1. The molecule has 1 saturated heterocycles. The predicted molar refractivity (Wildman–Crippen MR) is 112 cm³/mol. The van der Waals surface area contributed by atoms with Crippen molar-refractivity contribution >= 4 is 33.3 Å². The van der Waals surface area contributed by atoms with E-state index in [2.05, 4.69) is 40.2 Å². The van der Waals surface area contributed by atoms with E-state index in [-0.39, 0.29) is 12.1 Å². The van der Waals surface area contributed by atoms with Gasteiger partial charge in [-0.1, -0.05) is 34.5 Å². The van der Waals surface area contributed by atoms with Gasteiger partial charge in [0.2, 0.25) is 0 Å². The number of hydrogen-bond acceptors (Lipinski definition) is 3. The van der Waals surface area contributed by atoms with Crippen molar-refractivity contribution in [2.75, 3.05) is 0 Å². The second-order valence-electron chi connectivity index (χ2n) is 8.86. The molecule has 3 aliphatic rings. The molecule has 4 nitrogen and oxygen atoms in total. The van der Waals surface area contributed by atoms with Crippen molar-refractivity contribution in [3.8, 4) is 0 Å². The standard InChI is InChI=1S/C22H27BrN2O2/c1-22(2,3)27-21(26)25-19-6-4-5-15(19)12-20(25)18-11-16(13-24-18)14-7-9-17(23)10-8-14/h7-10,13,15,19-20H,4-6,11-12H2,1-3H3/t15-,19-,20?/m0/s1. The lowest BCUT2D eigenvalue weighted by Crippen LogP contribution is -2.47.